The number of hydrogen-bond donors (Lipinski definition) is 3. The summed E-state index contributed by atoms with van der Waals surface area (Å²) in [6, 6.07) is 0. The zero-order chi connectivity index (χ0) is 19.6. The summed E-state index contributed by atoms with van der Waals surface area (Å²) in [5, 5.41) is 15.9. The normalized spacial score (nSPS) is 30.3. The minimum absolute atomic E-state index is 0. The molecule has 2 bridgehead atoms. The molecule has 3 rings (SSSR count). The van der Waals surface area contributed by atoms with Gasteiger partial charge in [-0.1, -0.05) is 26.0 Å². The van der Waals surface area contributed by atoms with Gasteiger partial charge >= 0.3 is 0 Å². The molecule has 2 amide bonds. The average Bonchev–Trinajstić information content (AvgIpc) is 3.35. The number of rotatable bonds is 8. The molecule has 1 saturated heterocycles. The Labute approximate surface area is 184 Å². The number of guanidine groups is 1. The van der Waals surface area contributed by atoms with Crippen LogP contribution in [0.25, 0.3) is 0 Å². The Hall–Kier alpha value is -1.16. The number of carbonyl (C=O) groups is 2. The number of nitrogens with one attached hydrogen (secondary N) is 2. The fourth-order valence-corrected chi connectivity index (χ4v) is 4.36. The van der Waals surface area contributed by atoms with Gasteiger partial charge in [-0.15, -0.1) is 24.0 Å². The summed E-state index contributed by atoms with van der Waals surface area (Å²) in [5.41, 5.74) is -0.243. The fraction of sp³-hybridized carbons (Fsp3) is 0.750. The molecule has 1 saturated carbocycles. The van der Waals surface area contributed by atoms with E-state index in [-0.39, 0.29) is 71.5 Å². The number of aliphatic hydroxyl groups is 1. The van der Waals surface area contributed by atoms with Crippen LogP contribution in [0.4, 0.5) is 0 Å². The third-order valence-corrected chi connectivity index (χ3v) is 6.39. The fourth-order valence-electron chi connectivity index (χ4n) is 4.36. The van der Waals surface area contributed by atoms with Gasteiger partial charge in [-0.25, -0.2) is 0 Å². The van der Waals surface area contributed by atoms with Crippen LogP contribution in [0, 0.1) is 29.1 Å². The van der Waals surface area contributed by atoms with Crippen molar-refractivity contribution in [2.45, 2.75) is 33.6 Å². The number of likely N-dealkylation sites (tertiary alicyclic amines) is 1. The van der Waals surface area contributed by atoms with E-state index < -0.39 is 0 Å². The van der Waals surface area contributed by atoms with E-state index in [0.717, 1.165) is 12.8 Å². The molecule has 1 heterocycles. The first-order chi connectivity index (χ1) is 12.9. The smallest absolute Gasteiger partial charge is 0.233 e. The summed E-state index contributed by atoms with van der Waals surface area (Å²) >= 11 is 0. The van der Waals surface area contributed by atoms with Gasteiger partial charge in [0.25, 0.3) is 0 Å². The molecular weight excluding hydrogens is 471 g/mol. The first-order valence-corrected chi connectivity index (χ1v) is 10.1. The van der Waals surface area contributed by atoms with Crippen LogP contribution in [0.15, 0.2) is 17.1 Å². The average molecular weight is 504 g/mol. The third kappa shape index (κ3) is 4.37. The molecule has 0 aromatic rings. The molecule has 2 aliphatic carbocycles. The Bertz CT molecular complexity index is 617. The molecule has 7 nitrogen and oxygen atoms in total. The predicted octanol–water partition coefficient (Wildman–Crippen LogP) is 1.38. The quantitative estimate of drug-likeness (QED) is 0.153. The molecule has 0 spiro atoms. The number of nitrogens with zero attached hydrogens (tertiary/aromatic N) is 2. The maximum Gasteiger partial charge on any atom is 0.233 e. The van der Waals surface area contributed by atoms with Gasteiger partial charge in [0.2, 0.25) is 11.8 Å². The second-order valence-corrected chi connectivity index (χ2v) is 8.27. The molecule has 1 aliphatic heterocycles. The van der Waals surface area contributed by atoms with E-state index in [2.05, 4.69) is 27.8 Å². The first kappa shape index (κ1) is 23.1. The lowest BCUT2D eigenvalue weighted by Crippen LogP contribution is -2.44. The number of fused-ring (bicyclic) bond motifs is 5. The maximum absolute atomic E-state index is 12.7. The Morgan fingerprint density at radius 1 is 1.21 bits per heavy atom. The summed E-state index contributed by atoms with van der Waals surface area (Å²) in [5.74, 6) is 0.853. The van der Waals surface area contributed by atoms with Gasteiger partial charge in [-0.05, 0) is 31.6 Å². The van der Waals surface area contributed by atoms with Crippen LogP contribution in [-0.4, -0.2) is 60.6 Å². The van der Waals surface area contributed by atoms with Gasteiger partial charge in [-0.3, -0.25) is 19.5 Å². The lowest BCUT2D eigenvalue weighted by Gasteiger charge is -2.24. The standard InChI is InChI=1S/C20H32N4O3.HI/c1-4-20(3,12-25)11-23-19(21-5-2)22-8-9-24-17(26)15-13-6-7-14(10-13)16(15)18(24)27;/h6-7,13-16,25H,4-5,8-12H2,1-3H3,(H2,21,22,23);1H. The van der Waals surface area contributed by atoms with E-state index in [0.29, 0.717) is 32.1 Å². The molecule has 2 fully saturated rings. The molecule has 0 aromatic carbocycles. The highest BCUT2D eigenvalue weighted by atomic mass is 127. The second-order valence-electron chi connectivity index (χ2n) is 8.27. The number of carbonyl (C=O) groups excluding carboxylic acids is 2. The van der Waals surface area contributed by atoms with E-state index in [4.69, 9.17) is 0 Å². The number of hydrogen-bond acceptors (Lipinski definition) is 4. The molecular formula is C20H33IN4O3. The summed E-state index contributed by atoms with van der Waals surface area (Å²) in [6.45, 7) is 8.16. The zero-order valence-electron chi connectivity index (χ0n) is 17.0. The first-order valence-electron chi connectivity index (χ1n) is 10.1. The van der Waals surface area contributed by atoms with Crippen molar-refractivity contribution in [1.82, 2.24) is 15.5 Å². The van der Waals surface area contributed by atoms with Crippen LogP contribution >= 0.6 is 24.0 Å². The van der Waals surface area contributed by atoms with Crippen molar-refractivity contribution in [3.05, 3.63) is 12.2 Å². The minimum Gasteiger partial charge on any atom is -0.396 e. The summed E-state index contributed by atoms with van der Waals surface area (Å²) in [4.78, 5) is 31.4. The summed E-state index contributed by atoms with van der Waals surface area (Å²) in [6.07, 6.45) is 6.01. The highest BCUT2D eigenvalue weighted by molar-refractivity contribution is 14.0. The van der Waals surface area contributed by atoms with E-state index in [1.165, 1.54) is 4.90 Å². The summed E-state index contributed by atoms with van der Waals surface area (Å²) in [7, 11) is 0. The predicted molar refractivity (Wildman–Crippen MR) is 119 cm³/mol. The van der Waals surface area contributed by atoms with Gasteiger partial charge in [-0.2, -0.15) is 0 Å². The molecule has 8 heteroatoms. The van der Waals surface area contributed by atoms with Crippen molar-refractivity contribution in [3.8, 4) is 0 Å². The zero-order valence-corrected chi connectivity index (χ0v) is 19.3. The molecule has 158 valence electrons. The van der Waals surface area contributed by atoms with E-state index in [1.807, 2.05) is 20.8 Å². The SMILES string of the molecule is CCNC(=NCC(C)(CC)CO)NCCN1C(=O)C2C3C=CC(C3)C2C1=O.I. The van der Waals surface area contributed by atoms with Crippen molar-refractivity contribution < 1.29 is 14.7 Å². The largest absolute Gasteiger partial charge is 0.396 e. The van der Waals surface area contributed by atoms with Crippen LogP contribution in [0.3, 0.4) is 0 Å². The van der Waals surface area contributed by atoms with Crippen molar-refractivity contribution in [2.24, 2.45) is 34.1 Å². The van der Waals surface area contributed by atoms with E-state index >= 15 is 0 Å². The second kappa shape index (κ2) is 9.56. The third-order valence-electron chi connectivity index (χ3n) is 6.39. The number of halogens is 1. The number of aliphatic imine (C=N–C) groups is 1. The van der Waals surface area contributed by atoms with Gasteiger partial charge < -0.3 is 15.7 Å². The minimum atomic E-state index is -0.243. The van der Waals surface area contributed by atoms with Crippen LogP contribution in [0.2, 0.25) is 0 Å². The Kier molecular flexibility index (Phi) is 7.89. The molecule has 3 aliphatic rings. The van der Waals surface area contributed by atoms with Crippen LogP contribution < -0.4 is 10.6 Å². The van der Waals surface area contributed by atoms with Crippen LogP contribution in [-0.2, 0) is 9.59 Å². The lowest BCUT2D eigenvalue weighted by atomic mass is 9.85. The Balaban J connectivity index is 0.00000280. The lowest BCUT2D eigenvalue weighted by molar-refractivity contribution is -0.140. The van der Waals surface area contributed by atoms with Crippen molar-refractivity contribution in [2.75, 3.05) is 32.8 Å². The van der Waals surface area contributed by atoms with Gasteiger partial charge in [0.1, 0.15) is 0 Å². The van der Waals surface area contributed by atoms with Gasteiger partial charge in [0, 0.05) is 25.0 Å². The molecule has 28 heavy (non-hydrogen) atoms. The highest BCUT2D eigenvalue weighted by Gasteiger charge is 2.58. The molecule has 0 radical (unpaired) electrons. The summed E-state index contributed by atoms with van der Waals surface area (Å²) < 4.78 is 0. The van der Waals surface area contributed by atoms with E-state index in [1.54, 1.807) is 0 Å². The molecule has 0 aromatic heterocycles. The topological polar surface area (TPSA) is 94.0 Å². The van der Waals surface area contributed by atoms with Crippen molar-refractivity contribution in [3.63, 3.8) is 0 Å². The van der Waals surface area contributed by atoms with Crippen LogP contribution in [0.5, 0.6) is 0 Å². The number of aliphatic hydroxyl groups excluding tert-OH is 1. The molecule has 3 N–H and O–H groups in total. The Morgan fingerprint density at radius 3 is 2.32 bits per heavy atom. The number of allylic oxidation sites excluding steroid dienone is 2. The number of imide groups is 1. The van der Waals surface area contributed by atoms with Crippen molar-refractivity contribution >= 4 is 41.8 Å². The Morgan fingerprint density at radius 2 is 1.82 bits per heavy atom. The van der Waals surface area contributed by atoms with Gasteiger partial charge in [0.05, 0.1) is 25.0 Å². The van der Waals surface area contributed by atoms with Crippen LogP contribution in [0.1, 0.15) is 33.6 Å². The highest BCUT2D eigenvalue weighted by Crippen LogP contribution is 2.52. The van der Waals surface area contributed by atoms with Crippen molar-refractivity contribution in [1.29, 1.82) is 0 Å². The van der Waals surface area contributed by atoms with E-state index in [9.17, 15) is 14.7 Å². The maximum atomic E-state index is 12.7. The molecule has 5 atom stereocenters. The monoisotopic (exact) mass is 504 g/mol. The molecule has 5 unspecified atom stereocenters. The van der Waals surface area contributed by atoms with Gasteiger partial charge in [0.15, 0.2) is 5.96 Å². The number of amides is 2.